The zero-order valence-electron chi connectivity index (χ0n) is 10.7. The molecule has 2 rings (SSSR count). The molecule has 4 heteroatoms. The van der Waals surface area contributed by atoms with Crippen LogP contribution in [0.2, 0.25) is 5.02 Å². The van der Waals surface area contributed by atoms with E-state index in [1.54, 1.807) is 12.1 Å². The van der Waals surface area contributed by atoms with E-state index in [4.69, 9.17) is 11.6 Å². The number of benzene rings is 2. The van der Waals surface area contributed by atoms with Crippen molar-refractivity contribution in [2.75, 3.05) is 5.32 Å². The molecule has 0 radical (unpaired) electrons. The molecule has 0 aliphatic carbocycles. The normalized spacial score (nSPS) is 12.3. The third-order valence-electron chi connectivity index (χ3n) is 2.98. The van der Waals surface area contributed by atoms with Gasteiger partial charge in [-0.15, -0.1) is 0 Å². The van der Waals surface area contributed by atoms with Crippen molar-refractivity contribution in [3.05, 3.63) is 62.8 Å². The summed E-state index contributed by atoms with van der Waals surface area (Å²) >= 11 is 9.43. The maximum Gasteiger partial charge on any atom is 0.128 e. The lowest BCUT2D eigenvalue weighted by Gasteiger charge is -2.17. The molecule has 0 heterocycles. The fraction of sp³-hybridized carbons (Fsp3) is 0.200. The quantitative estimate of drug-likeness (QED) is 0.752. The van der Waals surface area contributed by atoms with Crippen LogP contribution < -0.4 is 5.32 Å². The molecular weight excluding hydrogens is 329 g/mol. The van der Waals surface area contributed by atoms with Crippen LogP contribution in [0.15, 0.2) is 40.9 Å². The first-order valence-electron chi connectivity index (χ1n) is 5.95. The van der Waals surface area contributed by atoms with Gasteiger partial charge in [0.25, 0.3) is 0 Å². The van der Waals surface area contributed by atoms with Gasteiger partial charge in [-0.1, -0.05) is 33.6 Å². The van der Waals surface area contributed by atoms with E-state index in [9.17, 15) is 4.39 Å². The van der Waals surface area contributed by atoms with Gasteiger partial charge in [0.05, 0.1) is 6.04 Å². The second-order valence-electron chi connectivity index (χ2n) is 4.50. The lowest BCUT2D eigenvalue weighted by molar-refractivity contribution is 0.600. The number of hydrogen-bond donors (Lipinski definition) is 1. The molecule has 1 unspecified atom stereocenters. The summed E-state index contributed by atoms with van der Waals surface area (Å²) in [5, 5.41) is 3.95. The zero-order chi connectivity index (χ0) is 14.0. The standard InChI is InChI=1S/C15H14BrClFN/c1-9-3-5-12(8-14(9)17)19-10(2)13-7-11(16)4-6-15(13)18/h3-8,10,19H,1-2H3. The Morgan fingerprint density at radius 1 is 1.21 bits per heavy atom. The van der Waals surface area contributed by atoms with Crippen LogP contribution in [0, 0.1) is 12.7 Å². The van der Waals surface area contributed by atoms with Crippen LogP contribution in [0.5, 0.6) is 0 Å². The van der Waals surface area contributed by atoms with Crippen molar-refractivity contribution in [2.24, 2.45) is 0 Å². The van der Waals surface area contributed by atoms with Crippen LogP contribution in [-0.2, 0) is 0 Å². The van der Waals surface area contributed by atoms with E-state index < -0.39 is 0 Å². The first kappa shape index (κ1) is 14.4. The minimum absolute atomic E-state index is 0.142. The van der Waals surface area contributed by atoms with Gasteiger partial charge in [0, 0.05) is 20.7 Å². The van der Waals surface area contributed by atoms with Gasteiger partial charge in [-0.25, -0.2) is 4.39 Å². The van der Waals surface area contributed by atoms with Crippen molar-refractivity contribution in [2.45, 2.75) is 19.9 Å². The van der Waals surface area contributed by atoms with E-state index in [1.165, 1.54) is 6.07 Å². The number of anilines is 1. The topological polar surface area (TPSA) is 12.0 Å². The van der Waals surface area contributed by atoms with Gasteiger partial charge < -0.3 is 5.32 Å². The molecule has 0 aliphatic rings. The molecule has 19 heavy (non-hydrogen) atoms. The summed E-state index contributed by atoms with van der Waals surface area (Å²) in [4.78, 5) is 0. The van der Waals surface area contributed by atoms with Gasteiger partial charge in [-0.2, -0.15) is 0 Å². The smallest absolute Gasteiger partial charge is 0.128 e. The lowest BCUT2D eigenvalue weighted by Crippen LogP contribution is -2.08. The molecule has 0 saturated heterocycles. The molecular formula is C15H14BrClFN. The number of nitrogens with one attached hydrogen (secondary N) is 1. The molecule has 1 atom stereocenters. The highest BCUT2D eigenvalue weighted by atomic mass is 79.9. The Balaban J connectivity index is 2.22. The first-order chi connectivity index (χ1) is 8.97. The molecule has 1 N–H and O–H groups in total. The molecule has 1 nitrogen and oxygen atoms in total. The maximum atomic E-state index is 13.8. The fourth-order valence-electron chi connectivity index (χ4n) is 1.86. The van der Waals surface area contributed by atoms with Crippen molar-refractivity contribution < 1.29 is 4.39 Å². The fourth-order valence-corrected chi connectivity index (χ4v) is 2.42. The molecule has 0 aliphatic heterocycles. The SMILES string of the molecule is Cc1ccc(NC(C)c2cc(Br)ccc2F)cc1Cl. The summed E-state index contributed by atoms with van der Waals surface area (Å²) in [6.45, 7) is 3.86. The highest BCUT2D eigenvalue weighted by molar-refractivity contribution is 9.10. The molecule has 0 fully saturated rings. The van der Waals surface area contributed by atoms with Gasteiger partial charge in [0.1, 0.15) is 5.82 Å². The average molecular weight is 343 g/mol. The molecule has 0 spiro atoms. The highest BCUT2D eigenvalue weighted by Gasteiger charge is 2.11. The number of aryl methyl sites for hydroxylation is 1. The van der Waals surface area contributed by atoms with Gasteiger partial charge in [-0.3, -0.25) is 0 Å². The van der Waals surface area contributed by atoms with E-state index in [2.05, 4.69) is 21.2 Å². The molecule has 0 bridgehead atoms. The van der Waals surface area contributed by atoms with E-state index in [0.29, 0.717) is 10.6 Å². The second kappa shape index (κ2) is 5.93. The molecule has 0 aromatic heterocycles. The molecule has 0 amide bonds. The van der Waals surface area contributed by atoms with E-state index >= 15 is 0 Å². The van der Waals surface area contributed by atoms with Crippen LogP contribution in [0.3, 0.4) is 0 Å². The Morgan fingerprint density at radius 2 is 1.95 bits per heavy atom. The van der Waals surface area contributed by atoms with Crippen LogP contribution in [0.25, 0.3) is 0 Å². The predicted octanol–water partition coefficient (Wildman–Crippen LogP) is 5.72. The summed E-state index contributed by atoms with van der Waals surface area (Å²) in [6.07, 6.45) is 0. The Kier molecular flexibility index (Phi) is 4.48. The highest BCUT2D eigenvalue weighted by Crippen LogP contribution is 2.27. The zero-order valence-corrected chi connectivity index (χ0v) is 13.0. The molecule has 2 aromatic carbocycles. The Hall–Kier alpha value is -1.06. The minimum atomic E-state index is -0.221. The number of rotatable bonds is 3. The second-order valence-corrected chi connectivity index (χ2v) is 5.82. The van der Waals surface area contributed by atoms with Gasteiger partial charge in [0.15, 0.2) is 0 Å². The third kappa shape index (κ3) is 3.48. The van der Waals surface area contributed by atoms with E-state index in [0.717, 1.165) is 15.7 Å². The third-order valence-corrected chi connectivity index (χ3v) is 3.88. The number of halogens is 3. The van der Waals surface area contributed by atoms with Crippen LogP contribution >= 0.6 is 27.5 Å². The summed E-state index contributed by atoms with van der Waals surface area (Å²) in [5.41, 5.74) is 2.52. The van der Waals surface area contributed by atoms with Crippen molar-refractivity contribution in [1.29, 1.82) is 0 Å². The Morgan fingerprint density at radius 3 is 2.63 bits per heavy atom. The summed E-state index contributed by atoms with van der Waals surface area (Å²) in [5.74, 6) is -0.221. The predicted molar refractivity (Wildman–Crippen MR) is 82.3 cm³/mol. The van der Waals surface area contributed by atoms with Gasteiger partial charge >= 0.3 is 0 Å². The lowest BCUT2D eigenvalue weighted by atomic mass is 10.1. The van der Waals surface area contributed by atoms with Crippen molar-refractivity contribution in [1.82, 2.24) is 0 Å². The number of hydrogen-bond acceptors (Lipinski definition) is 1. The van der Waals surface area contributed by atoms with Gasteiger partial charge in [0.2, 0.25) is 0 Å². The molecule has 100 valence electrons. The largest absolute Gasteiger partial charge is 0.378 e. The van der Waals surface area contributed by atoms with Crippen LogP contribution in [0.1, 0.15) is 24.1 Å². The monoisotopic (exact) mass is 341 g/mol. The Bertz CT molecular complexity index is 601. The molecule has 2 aromatic rings. The van der Waals surface area contributed by atoms with Crippen LogP contribution in [0.4, 0.5) is 10.1 Å². The summed E-state index contributed by atoms with van der Waals surface area (Å²) in [6, 6.07) is 10.5. The summed E-state index contributed by atoms with van der Waals surface area (Å²) in [7, 11) is 0. The first-order valence-corrected chi connectivity index (χ1v) is 7.12. The Labute approximate surface area is 125 Å². The minimum Gasteiger partial charge on any atom is -0.378 e. The molecule has 0 saturated carbocycles. The van der Waals surface area contributed by atoms with Gasteiger partial charge in [-0.05, 0) is 49.7 Å². The van der Waals surface area contributed by atoms with Crippen molar-refractivity contribution in [3.8, 4) is 0 Å². The van der Waals surface area contributed by atoms with Crippen molar-refractivity contribution >= 4 is 33.2 Å². The van der Waals surface area contributed by atoms with E-state index in [-0.39, 0.29) is 11.9 Å². The summed E-state index contributed by atoms with van der Waals surface area (Å²) < 4.78 is 14.6. The van der Waals surface area contributed by atoms with Crippen LogP contribution in [-0.4, -0.2) is 0 Å². The van der Waals surface area contributed by atoms with E-state index in [1.807, 2.05) is 32.0 Å². The average Bonchev–Trinajstić information content (AvgIpc) is 2.36. The maximum absolute atomic E-state index is 13.8. The van der Waals surface area contributed by atoms with Crippen molar-refractivity contribution in [3.63, 3.8) is 0 Å².